The molecule has 0 aliphatic heterocycles. The highest BCUT2D eigenvalue weighted by Gasteiger charge is 2.18. The van der Waals surface area contributed by atoms with Crippen molar-refractivity contribution in [2.24, 2.45) is 0 Å². The van der Waals surface area contributed by atoms with Crippen molar-refractivity contribution in [2.45, 2.75) is 0 Å². The van der Waals surface area contributed by atoms with E-state index in [0.717, 1.165) is 44.9 Å². The van der Waals surface area contributed by atoms with Gasteiger partial charge in [-0.3, -0.25) is 15.0 Å². The highest BCUT2D eigenvalue weighted by atomic mass is 14.8. The zero-order chi connectivity index (χ0) is 20.2. The Bertz CT molecular complexity index is 1270. The van der Waals surface area contributed by atoms with Crippen molar-refractivity contribution < 1.29 is 0 Å². The molecule has 0 fully saturated rings. The van der Waals surface area contributed by atoms with E-state index in [4.69, 9.17) is 4.98 Å². The van der Waals surface area contributed by atoms with Crippen LogP contribution in [0.2, 0.25) is 0 Å². The van der Waals surface area contributed by atoms with Crippen molar-refractivity contribution in [3.63, 3.8) is 0 Å². The fraction of sp³-hybridized carbons (Fsp3) is 0. The lowest BCUT2D eigenvalue weighted by atomic mass is 9.90. The highest BCUT2D eigenvalue weighted by molar-refractivity contribution is 5.95. The minimum atomic E-state index is 0.827. The molecule has 0 aliphatic rings. The molecule has 0 unspecified atom stereocenters. The molecule has 3 aromatic heterocycles. The summed E-state index contributed by atoms with van der Waals surface area (Å²) in [5.74, 6) is 0. The van der Waals surface area contributed by atoms with Gasteiger partial charge < -0.3 is 0 Å². The van der Waals surface area contributed by atoms with Crippen molar-refractivity contribution in [3.05, 3.63) is 116 Å². The van der Waals surface area contributed by atoms with E-state index in [9.17, 15) is 0 Å². The Balaban J connectivity index is 1.81. The average Bonchev–Trinajstić information content (AvgIpc) is 2.85. The fourth-order valence-corrected chi connectivity index (χ4v) is 3.72. The van der Waals surface area contributed by atoms with Crippen molar-refractivity contribution in [1.29, 1.82) is 0 Å². The van der Waals surface area contributed by atoms with Gasteiger partial charge in [0.05, 0.1) is 17.1 Å². The maximum absolute atomic E-state index is 4.83. The molecule has 0 atom stereocenters. The average molecular weight is 385 g/mol. The summed E-state index contributed by atoms with van der Waals surface area (Å²) in [5.41, 5.74) is 8.03. The minimum Gasteiger partial charge on any atom is -0.255 e. The minimum absolute atomic E-state index is 0.827. The SMILES string of the molecule is c1ccc(-c2ccnc(-c3cccnc3-c3ccccn3)c2-c2ccccc2)cc1. The number of benzene rings is 2. The van der Waals surface area contributed by atoms with E-state index in [2.05, 4.69) is 70.6 Å². The molecule has 0 spiro atoms. The molecule has 0 amide bonds. The second kappa shape index (κ2) is 8.10. The summed E-state index contributed by atoms with van der Waals surface area (Å²) in [5, 5.41) is 0. The van der Waals surface area contributed by atoms with Crippen LogP contribution in [0.4, 0.5) is 0 Å². The fourth-order valence-electron chi connectivity index (χ4n) is 3.72. The second-order valence-electron chi connectivity index (χ2n) is 6.93. The summed E-state index contributed by atoms with van der Waals surface area (Å²) in [6.45, 7) is 0. The largest absolute Gasteiger partial charge is 0.255 e. The number of aromatic nitrogens is 3. The lowest BCUT2D eigenvalue weighted by Crippen LogP contribution is -1.97. The number of nitrogens with zero attached hydrogens (tertiary/aromatic N) is 3. The van der Waals surface area contributed by atoms with Gasteiger partial charge in [0.2, 0.25) is 0 Å². The van der Waals surface area contributed by atoms with Gasteiger partial charge in [0.15, 0.2) is 0 Å². The molecule has 3 heteroatoms. The van der Waals surface area contributed by atoms with Crippen LogP contribution in [0.15, 0.2) is 116 Å². The third-order valence-electron chi connectivity index (χ3n) is 5.07. The Morgan fingerprint density at radius 3 is 1.80 bits per heavy atom. The number of hydrogen-bond acceptors (Lipinski definition) is 3. The molecule has 0 bridgehead atoms. The van der Waals surface area contributed by atoms with E-state index in [1.54, 1.807) is 12.4 Å². The van der Waals surface area contributed by atoms with Gasteiger partial charge in [-0.05, 0) is 47.0 Å². The monoisotopic (exact) mass is 385 g/mol. The second-order valence-corrected chi connectivity index (χ2v) is 6.93. The Morgan fingerprint density at radius 1 is 0.400 bits per heavy atom. The van der Waals surface area contributed by atoms with Gasteiger partial charge in [0, 0.05) is 29.7 Å². The summed E-state index contributed by atoms with van der Waals surface area (Å²) >= 11 is 0. The van der Waals surface area contributed by atoms with E-state index < -0.39 is 0 Å². The molecule has 0 radical (unpaired) electrons. The molecule has 0 saturated heterocycles. The zero-order valence-corrected chi connectivity index (χ0v) is 16.3. The molecule has 3 heterocycles. The molecule has 2 aromatic carbocycles. The van der Waals surface area contributed by atoms with E-state index in [-0.39, 0.29) is 0 Å². The standard InChI is InChI=1S/C27H19N3/c1-3-10-20(11-4-1)22-16-19-30-27(25(22)21-12-5-2-6-13-21)23-14-9-18-29-26(23)24-15-7-8-17-28-24/h1-19H. The van der Waals surface area contributed by atoms with Crippen LogP contribution in [0.25, 0.3) is 44.9 Å². The molecule has 142 valence electrons. The topological polar surface area (TPSA) is 38.7 Å². The van der Waals surface area contributed by atoms with Gasteiger partial charge in [-0.15, -0.1) is 0 Å². The highest BCUT2D eigenvalue weighted by Crippen LogP contribution is 2.40. The summed E-state index contributed by atoms with van der Waals surface area (Å²) in [6.07, 6.45) is 5.47. The van der Waals surface area contributed by atoms with Crippen LogP contribution in [-0.4, -0.2) is 15.0 Å². The Kier molecular flexibility index (Phi) is 4.84. The van der Waals surface area contributed by atoms with Crippen LogP contribution in [0.1, 0.15) is 0 Å². The van der Waals surface area contributed by atoms with Crippen molar-refractivity contribution in [2.75, 3.05) is 0 Å². The maximum Gasteiger partial charge on any atom is 0.0980 e. The number of pyridine rings is 3. The maximum atomic E-state index is 4.83. The Morgan fingerprint density at radius 2 is 1.07 bits per heavy atom. The zero-order valence-electron chi connectivity index (χ0n) is 16.3. The van der Waals surface area contributed by atoms with Crippen molar-refractivity contribution >= 4 is 0 Å². The van der Waals surface area contributed by atoms with Gasteiger partial charge >= 0.3 is 0 Å². The molecule has 3 nitrogen and oxygen atoms in total. The Hall–Kier alpha value is -4.11. The van der Waals surface area contributed by atoms with E-state index in [1.165, 1.54) is 0 Å². The summed E-state index contributed by atoms with van der Waals surface area (Å²) < 4.78 is 0. The molecule has 5 aromatic rings. The van der Waals surface area contributed by atoms with Crippen molar-refractivity contribution in [3.8, 4) is 44.9 Å². The van der Waals surface area contributed by atoms with Gasteiger partial charge in [-0.2, -0.15) is 0 Å². The molecular formula is C27H19N3. The summed E-state index contributed by atoms with van der Waals surface area (Å²) in [6, 6.07) is 32.8. The lowest BCUT2D eigenvalue weighted by molar-refractivity contribution is 1.23. The van der Waals surface area contributed by atoms with E-state index >= 15 is 0 Å². The molecule has 0 saturated carbocycles. The smallest absolute Gasteiger partial charge is 0.0980 e. The summed E-state index contributed by atoms with van der Waals surface area (Å²) in [7, 11) is 0. The molecule has 0 N–H and O–H groups in total. The van der Waals surface area contributed by atoms with Crippen LogP contribution in [0.5, 0.6) is 0 Å². The van der Waals surface area contributed by atoms with Gasteiger partial charge in [-0.1, -0.05) is 66.7 Å². The Labute approximate surface area is 175 Å². The predicted octanol–water partition coefficient (Wildman–Crippen LogP) is 6.54. The molecule has 5 rings (SSSR count). The van der Waals surface area contributed by atoms with Crippen LogP contribution in [0.3, 0.4) is 0 Å². The van der Waals surface area contributed by atoms with E-state index in [0.29, 0.717) is 0 Å². The lowest BCUT2D eigenvalue weighted by Gasteiger charge is -2.16. The van der Waals surface area contributed by atoms with Crippen LogP contribution >= 0.6 is 0 Å². The van der Waals surface area contributed by atoms with Crippen LogP contribution in [-0.2, 0) is 0 Å². The first-order valence-corrected chi connectivity index (χ1v) is 9.88. The van der Waals surface area contributed by atoms with Gasteiger partial charge in [0.1, 0.15) is 0 Å². The first-order valence-electron chi connectivity index (χ1n) is 9.88. The van der Waals surface area contributed by atoms with E-state index in [1.807, 2.05) is 42.6 Å². The first kappa shape index (κ1) is 18.0. The molecule has 30 heavy (non-hydrogen) atoms. The quantitative estimate of drug-likeness (QED) is 0.352. The normalized spacial score (nSPS) is 10.7. The number of hydrogen-bond donors (Lipinski definition) is 0. The van der Waals surface area contributed by atoms with Crippen molar-refractivity contribution in [1.82, 2.24) is 15.0 Å². The van der Waals surface area contributed by atoms with Gasteiger partial charge in [0.25, 0.3) is 0 Å². The summed E-state index contributed by atoms with van der Waals surface area (Å²) in [4.78, 5) is 14.0. The molecule has 0 aliphatic carbocycles. The van der Waals surface area contributed by atoms with Crippen LogP contribution in [0, 0.1) is 0 Å². The molecular weight excluding hydrogens is 366 g/mol. The third-order valence-corrected chi connectivity index (χ3v) is 5.07. The van der Waals surface area contributed by atoms with Crippen LogP contribution < -0.4 is 0 Å². The third kappa shape index (κ3) is 3.38. The van der Waals surface area contributed by atoms with Gasteiger partial charge in [-0.25, -0.2) is 0 Å². The number of rotatable bonds is 4. The predicted molar refractivity (Wildman–Crippen MR) is 122 cm³/mol. The first-order chi connectivity index (χ1) is 14.9.